The molecule has 1 saturated carbocycles. The van der Waals surface area contributed by atoms with Crippen molar-refractivity contribution in [2.75, 3.05) is 24.3 Å². The van der Waals surface area contributed by atoms with Gasteiger partial charge in [-0.05, 0) is 25.8 Å². The zero-order valence-electron chi connectivity index (χ0n) is 16.5. The summed E-state index contributed by atoms with van der Waals surface area (Å²) in [5.41, 5.74) is 3.55. The van der Waals surface area contributed by atoms with Gasteiger partial charge in [-0.1, -0.05) is 0 Å². The molecule has 0 bridgehead atoms. The maximum absolute atomic E-state index is 12.4. The normalized spacial score (nSPS) is 13.6. The number of hydrogen-bond donors (Lipinski definition) is 1. The zero-order chi connectivity index (χ0) is 19.8. The number of aryl methyl sites for hydroxylation is 2. The average Bonchev–Trinajstić information content (AvgIpc) is 3.28. The van der Waals surface area contributed by atoms with Gasteiger partial charge in [-0.3, -0.25) is 14.2 Å². The predicted molar refractivity (Wildman–Crippen MR) is 106 cm³/mol. The van der Waals surface area contributed by atoms with Crippen LogP contribution in [-0.4, -0.2) is 49.5 Å². The van der Waals surface area contributed by atoms with E-state index < -0.39 is 0 Å². The van der Waals surface area contributed by atoms with Crippen molar-refractivity contribution >= 4 is 17.7 Å². The zero-order valence-corrected chi connectivity index (χ0v) is 16.5. The first-order valence-electron chi connectivity index (χ1n) is 9.28. The van der Waals surface area contributed by atoms with Gasteiger partial charge in [-0.15, -0.1) is 0 Å². The van der Waals surface area contributed by atoms with Crippen LogP contribution in [0.15, 0.2) is 24.5 Å². The molecular formula is C19H24N8O. The van der Waals surface area contributed by atoms with Gasteiger partial charge in [0.05, 0.1) is 17.6 Å². The molecule has 0 aromatic carbocycles. The number of amides is 1. The van der Waals surface area contributed by atoms with Gasteiger partial charge in [-0.25, -0.2) is 9.97 Å². The monoisotopic (exact) mass is 380 g/mol. The fourth-order valence-electron chi connectivity index (χ4n) is 3.00. The van der Waals surface area contributed by atoms with Crippen molar-refractivity contribution in [2.24, 2.45) is 7.05 Å². The summed E-state index contributed by atoms with van der Waals surface area (Å²) < 4.78 is 3.32. The van der Waals surface area contributed by atoms with Crippen molar-refractivity contribution < 1.29 is 4.79 Å². The SMILES string of the molecule is Cc1cc(-c2cnn(CC(=O)Nc3cc(C4CC4)nn3C)c2)nc(N(C)C)n1. The highest BCUT2D eigenvalue weighted by Crippen LogP contribution is 2.39. The van der Waals surface area contributed by atoms with Crippen molar-refractivity contribution in [1.29, 1.82) is 0 Å². The van der Waals surface area contributed by atoms with Crippen LogP contribution in [0.1, 0.15) is 30.1 Å². The van der Waals surface area contributed by atoms with Crippen LogP contribution in [0.4, 0.5) is 11.8 Å². The molecule has 146 valence electrons. The van der Waals surface area contributed by atoms with Crippen LogP contribution in [0, 0.1) is 6.92 Å². The van der Waals surface area contributed by atoms with Crippen LogP contribution < -0.4 is 10.2 Å². The molecule has 0 spiro atoms. The lowest BCUT2D eigenvalue weighted by Gasteiger charge is -2.11. The molecule has 3 aromatic heterocycles. The highest BCUT2D eigenvalue weighted by atomic mass is 16.2. The Hall–Kier alpha value is -3.23. The number of hydrogen-bond acceptors (Lipinski definition) is 6. The second-order valence-electron chi connectivity index (χ2n) is 7.42. The van der Waals surface area contributed by atoms with Gasteiger partial charge in [0.15, 0.2) is 0 Å². The van der Waals surface area contributed by atoms with Gasteiger partial charge in [0.2, 0.25) is 11.9 Å². The standard InChI is InChI=1S/C19H24N8O/c1-12-7-15(22-19(21-12)25(2)3)14-9-20-27(10-14)11-18(28)23-17-8-16(13-5-6-13)24-26(17)4/h7-10,13H,5-6,11H2,1-4H3,(H,23,28). The van der Waals surface area contributed by atoms with E-state index in [2.05, 4.69) is 25.5 Å². The Morgan fingerprint density at radius 2 is 2.07 bits per heavy atom. The largest absolute Gasteiger partial charge is 0.347 e. The predicted octanol–water partition coefficient (Wildman–Crippen LogP) is 1.96. The lowest BCUT2D eigenvalue weighted by Crippen LogP contribution is -2.20. The second kappa shape index (κ2) is 7.06. The van der Waals surface area contributed by atoms with E-state index in [0.717, 1.165) is 22.6 Å². The molecule has 1 aliphatic rings. The number of anilines is 2. The molecule has 1 aliphatic carbocycles. The quantitative estimate of drug-likeness (QED) is 0.703. The van der Waals surface area contributed by atoms with Gasteiger partial charge in [0.25, 0.3) is 0 Å². The van der Waals surface area contributed by atoms with Crippen molar-refractivity contribution in [2.45, 2.75) is 32.2 Å². The molecule has 9 nitrogen and oxygen atoms in total. The first-order valence-corrected chi connectivity index (χ1v) is 9.28. The van der Waals surface area contributed by atoms with E-state index in [-0.39, 0.29) is 12.5 Å². The summed E-state index contributed by atoms with van der Waals surface area (Å²) in [7, 11) is 5.64. The van der Waals surface area contributed by atoms with E-state index in [9.17, 15) is 4.79 Å². The molecule has 1 N–H and O–H groups in total. The van der Waals surface area contributed by atoms with E-state index in [0.29, 0.717) is 17.7 Å². The Morgan fingerprint density at radius 3 is 2.79 bits per heavy atom. The van der Waals surface area contributed by atoms with Crippen molar-refractivity contribution in [1.82, 2.24) is 29.5 Å². The highest BCUT2D eigenvalue weighted by molar-refractivity contribution is 5.89. The number of rotatable bonds is 6. The van der Waals surface area contributed by atoms with Crippen LogP contribution in [0.5, 0.6) is 0 Å². The Kier molecular flexibility index (Phi) is 4.58. The summed E-state index contributed by atoms with van der Waals surface area (Å²) in [5, 5.41) is 11.7. The van der Waals surface area contributed by atoms with Crippen LogP contribution >= 0.6 is 0 Å². The number of aromatic nitrogens is 6. The molecule has 0 unspecified atom stereocenters. The minimum absolute atomic E-state index is 0.120. The van der Waals surface area contributed by atoms with E-state index in [1.807, 2.05) is 51.3 Å². The van der Waals surface area contributed by atoms with E-state index in [4.69, 9.17) is 0 Å². The fourth-order valence-corrected chi connectivity index (χ4v) is 3.00. The summed E-state index contributed by atoms with van der Waals surface area (Å²) in [4.78, 5) is 23.2. The summed E-state index contributed by atoms with van der Waals surface area (Å²) in [6.45, 7) is 2.05. The molecule has 0 atom stereocenters. The van der Waals surface area contributed by atoms with Gasteiger partial charge in [0, 0.05) is 50.6 Å². The number of carbonyl (C=O) groups excluding carboxylic acids is 1. The minimum atomic E-state index is -0.146. The summed E-state index contributed by atoms with van der Waals surface area (Å²) >= 11 is 0. The van der Waals surface area contributed by atoms with Gasteiger partial charge >= 0.3 is 0 Å². The van der Waals surface area contributed by atoms with Gasteiger partial charge in [0.1, 0.15) is 12.4 Å². The molecule has 0 radical (unpaired) electrons. The first kappa shape index (κ1) is 18.1. The van der Waals surface area contributed by atoms with Crippen molar-refractivity contribution in [3.05, 3.63) is 35.9 Å². The van der Waals surface area contributed by atoms with E-state index in [1.54, 1.807) is 15.6 Å². The molecule has 1 fully saturated rings. The van der Waals surface area contributed by atoms with Crippen LogP contribution in [0.3, 0.4) is 0 Å². The molecule has 28 heavy (non-hydrogen) atoms. The van der Waals surface area contributed by atoms with E-state index >= 15 is 0 Å². The molecule has 3 aromatic rings. The van der Waals surface area contributed by atoms with E-state index in [1.165, 1.54) is 12.8 Å². The molecule has 0 saturated heterocycles. The molecular weight excluding hydrogens is 356 g/mol. The lowest BCUT2D eigenvalue weighted by molar-refractivity contribution is -0.116. The van der Waals surface area contributed by atoms with Gasteiger partial charge < -0.3 is 10.2 Å². The average molecular weight is 380 g/mol. The highest BCUT2D eigenvalue weighted by Gasteiger charge is 2.27. The smallest absolute Gasteiger partial charge is 0.247 e. The van der Waals surface area contributed by atoms with Crippen LogP contribution in [0.25, 0.3) is 11.3 Å². The number of nitrogens with zero attached hydrogens (tertiary/aromatic N) is 7. The summed E-state index contributed by atoms with van der Waals surface area (Å²) in [6.07, 6.45) is 5.89. The molecule has 0 aliphatic heterocycles. The summed E-state index contributed by atoms with van der Waals surface area (Å²) in [5.74, 6) is 1.76. The Bertz CT molecular complexity index is 1010. The Balaban J connectivity index is 1.45. The van der Waals surface area contributed by atoms with Crippen molar-refractivity contribution in [3.63, 3.8) is 0 Å². The molecule has 9 heteroatoms. The van der Waals surface area contributed by atoms with Crippen LogP contribution in [0.2, 0.25) is 0 Å². The first-order chi connectivity index (χ1) is 13.4. The third-order valence-electron chi connectivity index (χ3n) is 4.64. The van der Waals surface area contributed by atoms with Crippen molar-refractivity contribution in [3.8, 4) is 11.3 Å². The van der Waals surface area contributed by atoms with Crippen LogP contribution in [-0.2, 0) is 18.4 Å². The third-order valence-corrected chi connectivity index (χ3v) is 4.64. The maximum atomic E-state index is 12.4. The topological polar surface area (TPSA) is 93.8 Å². The minimum Gasteiger partial charge on any atom is -0.347 e. The maximum Gasteiger partial charge on any atom is 0.247 e. The van der Waals surface area contributed by atoms with Gasteiger partial charge in [-0.2, -0.15) is 10.2 Å². The Labute approximate surface area is 163 Å². The molecule has 1 amide bonds. The third kappa shape index (κ3) is 3.88. The fraction of sp³-hybridized carbons (Fsp3) is 0.421. The number of nitrogens with one attached hydrogen (secondary N) is 1. The Morgan fingerprint density at radius 1 is 1.29 bits per heavy atom. The lowest BCUT2D eigenvalue weighted by atomic mass is 10.2. The summed E-state index contributed by atoms with van der Waals surface area (Å²) in [6, 6.07) is 3.86. The number of carbonyl (C=O) groups is 1. The molecule has 3 heterocycles. The second-order valence-corrected chi connectivity index (χ2v) is 7.42. The molecule has 4 rings (SSSR count).